The molecule has 0 aromatic heterocycles. The lowest BCUT2D eigenvalue weighted by atomic mass is 9.99. The second-order valence-corrected chi connectivity index (χ2v) is 8.99. The summed E-state index contributed by atoms with van der Waals surface area (Å²) in [7, 11) is -3.89. The standard InChI is InChI=1S/C19H19NO6S/c1-11-2-5-13(6-3-11)27(23,24)17-16(19(17,9-20)18(21)22)12-4-7-14-15(8-12)26-10-25-14/h2-8,16-17H,9-10,20H2,1H3,(H,21,22)/t16-,17-,19+/m1/s1. The number of aryl methyl sites for hydroxylation is 1. The lowest BCUT2D eigenvalue weighted by Crippen LogP contribution is -2.31. The number of hydrogen-bond donors (Lipinski definition) is 2. The average Bonchev–Trinajstić information content (AvgIpc) is 3.15. The van der Waals surface area contributed by atoms with E-state index >= 15 is 0 Å². The van der Waals surface area contributed by atoms with Crippen LogP contribution in [0.1, 0.15) is 17.0 Å². The Morgan fingerprint density at radius 2 is 1.85 bits per heavy atom. The normalized spacial score (nSPS) is 26.0. The van der Waals surface area contributed by atoms with Crippen LogP contribution in [0.5, 0.6) is 11.5 Å². The molecule has 2 aliphatic rings. The monoisotopic (exact) mass is 389 g/mol. The summed E-state index contributed by atoms with van der Waals surface area (Å²) in [5.41, 5.74) is 5.71. The fraction of sp³-hybridized carbons (Fsp3) is 0.316. The fourth-order valence-corrected chi connectivity index (χ4v) is 6.28. The molecule has 3 atom stereocenters. The fourth-order valence-electron chi connectivity index (χ4n) is 3.90. The van der Waals surface area contributed by atoms with Crippen molar-refractivity contribution in [3.05, 3.63) is 53.6 Å². The largest absolute Gasteiger partial charge is 0.481 e. The maximum absolute atomic E-state index is 13.2. The number of carboxylic acids is 1. The zero-order valence-corrected chi connectivity index (χ0v) is 15.4. The van der Waals surface area contributed by atoms with Crippen LogP contribution in [0.2, 0.25) is 0 Å². The van der Waals surface area contributed by atoms with Crippen molar-refractivity contribution in [3.63, 3.8) is 0 Å². The molecule has 27 heavy (non-hydrogen) atoms. The van der Waals surface area contributed by atoms with E-state index in [9.17, 15) is 18.3 Å². The third-order valence-corrected chi connectivity index (χ3v) is 7.72. The Kier molecular flexibility index (Phi) is 3.94. The molecule has 142 valence electrons. The van der Waals surface area contributed by atoms with Crippen molar-refractivity contribution in [1.82, 2.24) is 0 Å². The van der Waals surface area contributed by atoms with Crippen molar-refractivity contribution >= 4 is 15.8 Å². The smallest absolute Gasteiger partial charge is 0.312 e. The van der Waals surface area contributed by atoms with Crippen molar-refractivity contribution in [2.45, 2.75) is 23.0 Å². The molecule has 2 aromatic carbocycles. The first kappa shape index (κ1) is 17.8. The zero-order valence-electron chi connectivity index (χ0n) is 14.6. The Morgan fingerprint density at radius 3 is 2.48 bits per heavy atom. The van der Waals surface area contributed by atoms with E-state index in [-0.39, 0.29) is 18.2 Å². The van der Waals surface area contributed by atoms with Crippen molar-refractivity contribution in [1.29, 1.82) is 0 Å². The van der Waals surface area contributed by atoms with E-state index in [1.807, 2.05) is 6.92 Å². The first-order valence-corrected chi connectivity index (χ1v) is 10.0. The van der Waals surface area contributed by atoms with Gasteiger partial charge in [0, 0.05) is 12.5 Å². The van der Waals surface area contributed by atoms with Gasteiger partial charge < -0.3 is 20.3 Å². The highest BCUT2D eigenvalue weighted by Gasteiger charge is 2.75. The Hall–Kier alpha value is -2.58. The maximum Gasteiger partial charge on any atom is 0.312 e. The Morgan fingerprint density at radius 1 is 1.19 bits per heavy atom. The van der Waals surface area contributed by atoms with E-state index in [0.29, 0.717) is 17.1 Å². The molecule has 1 aliphatic heterocycles. The van der Waals surface area contributed by atoms with Crippen LogP contribution in [-0.4, -0.2) is 38.1 Å². The van der Waals surface area contributed by atoms with Gasteiger partial charge in [-0.25, -0.2) is 8.42 Å². The minimum atomic E-state index is -3.89. The number of ether oxygens (including phenoxy) is 2. The summed E-state index contributed by atoms with van der Waals surface area (Å²) in [6.45, 7) is 1.65. The Bertz CT molecular complexity index is 1020. The van der Waals surface area contributed by atoms with Crippen LogP contribution in [0, 0.1) is 12.3 Å². The first-order chi connectivity index (χ1) is 12.8. The summed E-state index contributed by atoms with van der Waals surface area (Å²) < 4.78 is 37.1. The SMILES string of the molecule is Cc1ccc(S(=O)(=O)[C@@H]2[C@@H](c3ccc4c(c3)OCO4)[C@]2(CN)C(=O)O)cc1. The van der Waals surface area contributed by atoms with E-state index in [4.69, 9.17) is 15.2 Å². The van der Waals surface area contributed by atoms with E-state index in [2.05, 4.69) is 0 Å². The van der Waals surface area contributed by atoms with Crippen molar-refractivity contribution in [2.75, 3.05) is 13.3 Å². The summed E-state index contributed by atoms with van der Waals surface area (Å²) in [5.74, 6) is -0.956. The number of rotatable bonds is 5. The highest BCUT2D eigenvalue weighted by molar-refractivity contribution is 7.92. The third kappa shape index (κ3) is 2.51. The van der Waals surface area contributed by atoms with Crippen LogP contribution < -0.4 is 15.2 Å². The molecular formula is C19H19NO6S. The van der Waals surface area contributed by atoms with Gasteiger partial charge in [-0.3, -0.25) is 4.79 Å². The molecule has 0 spiro atoms. The van der Waals surface area contributed by atoms with E-state index < -0.39 is 32.4 Å². The summed E-state index contributed by atoms with van der Waals surface area (Å²) in [4.78, 5) is 12.2. The molecule has 1 aliphatic carbocycles. The molecule has 1 fully saturated rings. The highest BCUT2D eigenvalue weighted by atomic mass is 32.2. The molecule has 8 heteroatoms. The van der Waals surface area contributed by atoms with Gasteiger partial charge >= 0.3 is 5.97 Å². The molecule has 1 heterocycles. The van der Waals surface area contributed by atoms with Crippen LogP contribution in [0.25, 0.3) is 0 Å². The van der Waals surface area contributed by atoms with Crippen molar-refractivity contribution in [3.8, 4) is 11.5 Å². The number of carboxylic acid groups (broad SMARTS) is 1. The number of sulfone groups is 1. The van der Waals surface area contributed by atoms with E-state index in [0.717, 1.165) is 5.56 Å². The number of hydrogen-bond acceptors (Lipinski definition) is 6. The minimum absolute atomic E-state index is 0.0789. The van der Waals surface area contributed by atoms with Gasteiger partial charge in [0.25, 0.3) is 0 Å². The second kappa shape index (κ2) is 5.97. The van der Waals surface area contributed by atoms with E-state index in [1.165, 1.54) is 12.1 Å². The molecule has 7 nitrogen and oxygen atoms in total. The van der Waals surface area contributed by atoms with Gasteiger partial charge in [-0.2, -0.15) is 0 Å². The topological polar surface area (TPSA) is 116 Å². The molecule has 0 radical (unpaired) electrons. The number of fused-ring (bicyclic) bond motifs is 1. The quantitative estimate of drug-likeness (QED) is 0.799. The third-order valence-electron chi connectivity index (χ3n) is 5.43. The summed E-state index contributed by atoms with van der Waals surface area (Å²) in [6.07, 6.45) is 0. The molecule has 0 bridgehead atoms. The van der Waals surface area contributed by atoms with Gasteiger partial charge in [0.05, 0.1) is 10.1 Å². The van der Waals surface area contributed by atoms with Gasteiger partial charge in [0.2, 0.25) is 6.79 Å². The number of aliphatic carboxylic acids is 1. The highest BCUT2D eigenvalue weighted by Crippen LogP contribution is 2.64. The van der Waals surface area contributed by atoms with Crippen molar-refractivity contribution in [2.24, 2.45) is 11.1 Å². The Labute approximate surface area is 156 Å². The van der Waals surface area contributed by atoms with Crippen LogP contribution in [0.4, 0.5) is 0 Å². The molecule has 0 amide bonds. The molecular weight excluding hydrogens is 370 g/mol. The van der Waals surface area contributed by atoms with Gasteiger partial charge in [0.1, 0.15) is 5.41 Å². The molecule has 1 saturated carbocycles. The molecule has 2 aromatic rings. The summed E-state index contributed by atoms with van der Waals surface area (Å²) in [6, 6.07) is 11.4. The summed E-state index contributed by atoms with van der Waals surface area (Å²) >= 11 is 0. The van der Waals surface area contributed by atoms with Gasteiger partial charge in [0.15, 0.2) is 21.3 Å². The average molecular weight is 389 g/mol. The van der Waals surface area contributed by atoms with Crippen molar-refractivity contribution < 1.29 is 27.8 Å². The lowest BCUT2D eigenvalue weighted by Gasteiger charge is -2.10. The van der Waals surface area contributed by atoms with E-state index in [1.54, 1.807) is 30.3 Å². The van der Waals surface area contributed by atoms with Gasteiger partial charge in [-0.1, -0.05) is 23.8 Å². The summed E-state index contributed by atoms with van der Waals surface area (Å²) in [5, 5.41) is 8.71. The Balaban J connectivity index is 1.80. The van der Waals surface area contributed by atoms with Crippen LogP contribution >= 0.6 is 0 Å². The molecule has 0 saturated heterocycles. The second-order valence-electron chi connectivity index (χ2n) is 6.92. The van der Waals surface area contributed by atoms with Crippen LogP contribution in [-0.2, 0) is 14.6 Å². The predicted octanol–water partition coefficient (Wildman–Crippen LogP) is 1.69. The van der Waals surface area contributed by atoms with Gasteiger partial charge in [-0.15, -0.1) is 0 Å². The number of carbonyl (C=O) groups is 1. The van der Waals surface area contributed by atoms with Crippen LogP contribution in [0.3, 0.4) is 0 Å². The predicted molar refractivity (Wildman–Crippen MR) is 96.6 cm³/mol. The number of nitrogens with two attached hydrogens (primary N) is 1. The molecule has 3 N–H and O–H groups in total. The maximum atomic E-state index is 13.2. The molecule has 4 rings (SSSR count). The zero-order chi connectivity index (χ0) is 19.4. The van der Waals surface area contributed by atoms with Crippen LogP contribution in [0.15, 0.2) is 47.4 Å². The lowest BCUT2D eigenvalue weighted by molar-refractivity contribution is -0.143. The minimum Gasteiger partial charge on any atom is -0.481 e. The molecule has 0 unspecified atom stereocenters. The first-order valence-electron chi connectivity index (χ1n) is 8.46. The number of benzene rings is 2. The van der Waals surface area contributed by atoms with Gasteiger partial charge in [-0.05, 0) is 36.8 Å².